The van der Waals surface area contributed by atoms with Crippen molar-refractivity contribution in [2.24, 2.45) is 12.9 Å². The number of amides is 1. The molecule has 0 saturated carbocycles. The van der Waals surface area contributed by atoms with Crippen molar-refractivity contribution in [2.45, 2.75) is 13.0 Å². The molecular formula is C14H17N5O. The first kappa shape index (κ1) is 12.7. The molecule has 0 atom stereocenters. The minimum Gasteiger partial charge on any atom is -0.367 e. The van der Waals surface area contributed by atoms with Gasteiger partial charge in [0, 0.05) is 43.5 Å². The molecule has 104 valence electrons. The second-order valence-corrected chi connectivity index (χ2v) is 4.88. The quantitative estimate of drug-likeness (QED) is 0.476. The summed E-state index contributed by atoms with van der Waals surface area (Å²) in [5.41, 5.74) is 5.81. The highest BCUT2D eigenvalue weighted by Crippen LogP contribution is 2.26. The van der Waals surface area contributed by atoms with Crippen molar-refractivity contribution in [3.8, 4) is 0 Å². The average molecular weight is 271 g/mol. The van der Waals surface area contributed by atoms with E-state index in [1.165, 1.54) is 0 Å². The number of anilines is 1. The van der Waals surface area contributed by atoms with Gasteiger partial charge in [-0.3, -0.25) is 14.9 Å². The first-order valence-corrected chi connectivity index (χ1v) is 6.56. The van der Waals surface area contributed by atoms with Crippen LogP contribution in [0.25, 0.3) is 0 Å². The number of hydrogen-bond acceptors (Lipinski definition) is 4. The van der Waals surface area contributed by atoms with Crippen LogP contribution in [0.3, 0.4) is 0 Å². The number of rotatable bonds is 2. The molecule has 6 nitrogen and oxygen atoms in total. The second-order valence-electron chi connectivity index (χ2n) is 4.88. The molecule has 3 N–H and O–H groups in total. The maximum atomic E-state index is 11.8. The monoisotopic (exact) mass is 271 g/mol. The maximum Gasteiger partial charge on any atom is 0.286 e. The summed E-state index contributed by atoms with van der Waals surface area (Å²) in [6.45, 7) is 1.59. The number of aromatic nitrogens is 2. The highest BCUT2D eigenvalue weighted by molar-refractivity contribution is 5.93. The van der Waals surface area contributed by atoms with E-state index in [2.05, 4.69) is 27.6 Å². The smallest absolute Gasteiger partial charge is 0.286 e. The van der Waals surface area contributed by atoms with Crippen molar-refractivity contribution in [2.75, 3.05) is 11.4 Å². The second kappa shape index (κ2) is 4.97. The number of carbonyl (C=O) groups excluding carboxylic acids is 1. The van der Waals surface area contributed by atoms with E-state index in [1.807, 2.05) is 25.2 Å². The number of fused-ring (bicyclic) bond motifs is 1. The third kappa shape index (κ3) is 2.04. The van der Waals surface area contributed by atoms with Crippen LogP contribution in [0.5, 0.6) is 0 Å². The van der Waals surface area contributed by atoms with Gasteiger partial charge in [0.25, 0.3) is 5.91 Å². The molecule has 20 heavy (non-hydrogen) atoms. The maximum absolute atomic E-state index is 11.8. The van der Waals surface area contributed by atoms with Gasteiger partial charge in [0.05, 0.1) is 0 Å². The van der Waals surface area contributed by atoms with Crippen LogP contribution in [-0.4, -0.2) is 22.2 Å². The summed E-state index contributed by atoms with van der Waals surface area (Å²) in [5.74, 6) is 4.89. The zero-order chi connectivity index (χ0) is 14.1. The summed E-state index contributed by atoms with van der Waals surface area (Å²) in [5, 5.41) is 4.29. The average Bonchev–Trinajstić information content (AvgIpc) is 2.84. The van der Waals surface area contributed by atoms with Crippen molar-refractivity contribution >= 4 is 11.6 Å². The standard InChI is InChI=1S/C14H17N5O/c1-18-12-7-8-19(10-5-3-2-4-6-10)9-11(12)13(17-18)14(20)16-15/h2-6H,7-9,15H2,1H3,(H,16,20). The van der Waals surface area contributed by atoms with Crippen LogP contribution in [-0.2, 0) is 20.0 Å². The Bertz CT molecular complexity index is 635. The summed E-state index contributed by atoms with van der Waals surface area (Å²) >= 11 is 0. The molecule has 0 saturated heterocycles. The van der Waals surface area contributed by atoms with Gasteiger partial charge in [-0.05, 0) is 12.1 Å². The number of nitrogens with one attached hydrogen (secondary N) is 1. The van der Waals surface area contributed by atoms with Gasteiger partial charge < -0.3 is 4.90 Å². The Hall–Kier alpha value is -2.34. The summed E-state index contributed by atoms with van der Waals surface area (Å²) in [6.07, 6.45) is 0.867. The van der Waals surface area contributed by atoms with E-state index in [9.17, 15) is 4.79 Å². The fourth-order valence-electron chi connectivity index (χ4n) is 2.70. The summed E-state index contributed by atoms with van der Waals surface area (Å²) < 4.78 is 1.78. The molecule has 1 amide bonds. The first-order valence-electron chi connectivity index (χ1n) is 6.56. The van der Waals surface area contributed by atoms with Crippen LogP contribution in [0.2, 0.25) is 0 Å². The van der Waals surface area contributed by atoms with Gasteiger partial charge in [0.15, 0.2) is 5.69 Å². The highest BCUT2D eigenvalue weighted by Gasteiger charge is 2.26. The number of benzene rings is 1. The van der Waals surface area contributed by atoms with Crippen LogP contribution in [0.4, 0.5) is 5.69 Å². The topological polar surface area (TPSA) is 76.2 Å². The highest BCUT2D eigenvalue weighted by atomic mass is 16.2. The fourth-order valence-corrected chi connectivity index (χ4v) is 2.70. The lowest BCUT2D eigenvalue weighted by Gasteiger charge is -2.29. The summed E-state index contributed by atoms with van der Waals surface area (Å²) in [7, 11) is 1.87. The van der Waals surface area contributed by atoms with Gasteiger partial charge in [0.1, 0.15) is 0 Å². The summed E-state index contributed by atoms with van der Waals surface area (Å²) in [6, 6.07) is 10.2. The van der Waals surface area contributed by atoms with Gasteiger partial charge in [-0.2, -0.15) is 5.10 Å². The van der Waals surface area contributed by atoms with E-state index in [4.69, 9.17) is 5.84 Å². The molecule has 0 aliphatic carbocycles. The SMILES string of the molecule is Cn1nc(C(=O)NN)c2c1CCN(c1ccccc1)C2. The zero-order valence-corrected chi connectivity index (χ0v) is 11.3. The number of hydrogen-bond donors (Lipinski definition) is 2. The predicted octanol–water partition coefficient (Wildman–Crippen LogP) is 0.586. The zero-order valence-electron chi connectivity index (χ0n) is 11.3. The Labute approximate surface area is 117 Å². The van der Waals surface area contributed by atoms with Crippen LogP contribution < -0.4 is 16.2 Å². The molecule has 1 aromatic carbocycles. The van der Waals surface area contributed by atoms with Crippen molar-refractivity contribution in [1.82, 2.24) is 15.2 Å². The van der Waals surface area contributed by atoms with Gasteiger partial charge in [-0.1, -0.05) is 18.2 Å². The number of hydrazine groups is 1. The number of carbonyl (C=O) groups is 1. The van der Waals surface area contributed by atoms with Crippen molar-refractivity contribution in [1.29, 1.82) is 0 Å². The first-order chi connectivity index (χ1) is 9.70. The number of nitrogens with zero attached hydrogens (tertiary/aromatic N) is 3. The van der Waals surface area contributed by atoms with Crippen molar-refractivity contribution in [3.63, 3.8) is 0 Å². The van der Waals surface area contributed by atoms with Gasteiger partial charge in [-0.25, -0.2) is 5.84 Å². The Morgan fingerprint density at radius 1 is 1.35 bits per heavy atom. The Morgan fingerprint density at radius 3 is 2.80 bits per heavy atom. The van der Waals surface area contributed by atoms with E-state index in [0.717, 1.165) is 29.9 Å². The molecule has 0 bridgehead atoms. The largest absolute Gasteiger partial charge is 0.367 e. The number of nitrogens with two attached hydrogens (primary N) is 1. The number of nitrogen functional groups attached to an aromatic ring is 1. The number of aryl methyl sites for hydroxylation is 1. The van der Waals surface area contributed by atoms with Gasteiger partial charge >= 0.3 is 0 Å². The van der Waals surface area contributed by atoms with Gasteiger partial charge in [0.2, 0.25) is 0 Å². The van der Waals surface area contributed by atoms with E-state index in [0.29, 0.717) is 12.2 Å². The van der Waals surface area contributed by atoms with Crippen molar-refractivity contribution < 1.29 is 4.79 Å². The molecule has 0 spiro atoms. The van der Waals surface area contributed by atoms with Crippen LogP contribution in [0, 0.1) is 0 Å². The van der Waals surface area contributed by atoms with Crippen molar-refractivity contribution in [3.05, 3.63) is 47.3 Å². The Balaban J connectivity index is 1.96. The summed E-state index contributed by atoms with van der Waals surface area (Å²) in [4.78, 5) is 14.1. The Morgan fingerprint density at radius 2 is 2.10 bits per heavy atom. The molecule has 6 heteroatoms. The van der Waals surface area contributed by atoms with E-state index >= 15 is 0 Å². The molecular weight excluding hydrogens is 254 g/mol. The predicted molar refractivity (Wildman–Crippen MR) is 76.1 cm³/mol. The lowest BCUT2D eigenvalue weighted by Crippen LogP contribution is -2.34. The Kier molecular flexibility index (Phi) is 3.15. The lowest BCUT2D eigenvalue weighted by atomic mass is 10.0. The molecule has 1 aliphatic heterocycles. The van der Waals surface area contributed by atoms with Crippen LogP contribution in [0.15, 0.2) is 30.3 Å². The molecule has 2 aromatic rings. The third-order valence-electron chi connectivity index (χ3n) is 3.71. The van der Waals surface area contributed by atoms with Crippen LogP contribution >= 0.6 is 0 Å². The molecule has 0 radical (unpaired) electrons. The van der Waals surface area contributed by atoms with Gasteiger partial charge in [-0.15, -0.1) is 0 Å². The molecule has 2 heterocycles. The van der Waals surface area contributed by atoms with Crippen LogP contribution in [0.1, 0.15) is 21.7 Å². The molecule has 0 unspecified atom stereocenters. The molecule has 1 aromatic heterocycles. The third-order valence-corrected chi connectivity index (χ3v) is 3.71. The molecule has 0 fully saturated rings. The van der Waals surface area contributed by atoms with E-state index < -0.39 is 0 Å². The minimum atomic E-state index is -0.336. The van der Waals surface area contributed by atoms with E-state index in [-0.39, 0.29) is 5.91 Å². The fraction of sp³-hybridized carbons (Fsp3) is 0.286. The lowest BCUT2D eigenvalue weighted by molar-refractivity contribution is 0.0947. The molecule has 1 aliphatic rings. The van der Waals surface area contributed by atoms with E-state index in [1.54, 1.807) is 4.68 Å². The normalized spacial score (nSPS) is 14.0. The number of para-hydroxylation sites is 1. The molecule has 3 rings (SSSR count). The minimum absolute atomic E-state index is 0.336.